The highest BCUT2D eigenvalue weighted by Gasteiger charge is 2.36. The molecule has 6 nitrogen and oxygen atoms in total. The van der Waals surface area contributed by atoms with Gasteiger partial charge in [0, 0.05) is 6.54 Å². The summed E-state index contributed by atoms with van der Waals surface area (Å²) >= 11 is 11.8. The molecule has 1 atom stereocenters. The number of amides is 2. The second-order valence-electron chi connectivity index (χ2n) is 4.99. The molecule has 118 valence electrons. The largest absolute Gasteiger partial charge is 0.475 e. The van der Waals surface area contributed by atoms with Gasteiger partial charge in [-0.2, -0.15) is 0 Å². The highest BCUT2D eigenvalue weighted by molar-refractivity contribution is 6.43. The Balaban J connectivity index is 1.98. The van der Waals surface area contributed by atoms with Crippen LogP contribution in [0.3, 0.4) is 0 Å². The van der Waals surface area contributed by atoms with Crippen LogP contribution < -0.4 is 5.32 Å². The molecule has 9 heteroatoms. The molecule has 1 aromatic carbocycles. The van der Waals surface area contributed by atoms with Gasteiger partial charge in [0.05, 0.1) is 28.1 Å². The van der Waals surface area contributed by atoms with E-state index in [1.54, 1.807) is 6.07 Å². The van der Waals surface area contributed by atoms with Crippen molar-refractivity contribution < 1.29 is 19.6 Å². The Morgan fingerprint density at radius 3 is 2.55 bits per heavy atom. The van der Waals surface area contributed by atoms with Gasteiger partial charge in [-0.3, -0.25) is 9.59 Å². The Hall–Kier alpha value is -1.28. The second-order valence-corrected chi connectivity index (χ2v) is 5.80. The van der Waals surface area contributed by atoms with E-state index in [0.717, 1.165) is 0 Å². The minimum absolute atomic E-state index is 0.110. The van der Waals surface area contributed by atoms with E-state index < -0.39 is 19.0 Å². The van der Waals surface area contributed by atoms with E-state index in [2.05, 4.69) is 5.32 Å². The van der Waals surface area contributed by atoms with Crippen LogP contribution in [0.1, 0.15) is 23.2 Å². The second kappa shape index (κ2) is 7.33. The van der Waals surface area contributed by atoms with Crippen LogP contribution in [0.5, 0.6) is 0 Å². The molecule has 0 radical (unpaired) electrons. The molecule has 1 aliphatic rings. The van der Waals surface area contributed by atoms with Gasteiger partial charge in [0.1, 0.15) is 0 Å². The van der Waals surface area contributed by atoms with Crippen molar-refractivity contribution in [3.63, 3.8) is 0 Å². The topological polar surface area (TPSA) is 89.9 Å². The molecule has 0 spiro atoms. The Morgan fingerprint density at radius 2 is 1.95 bits per heavy atom. The van der Waals surface area contributed by atoms with Crippen LogP contribution in [0.25, 0.3) is 0 Å². The first kappa shape index (κ1) is 17.1. The molecule has 0 saturated carbocycles. The third-order valence-corrected chi connectivity index (χ3v) is 4.18. The third-order valence-electron chi connectivity index (χ3n) is 3.55. The number of rotatable bonds is 4. The van der Waals surface area contributed by atoms with Gasteiger partial charge in [-0.15, -0.1) is 0 Å². The van der Waals surface area contributed by atoms with Gasteiger partial charge in [-0.25, -0.2) is 0 Å². The van der Waals surface area contributed by atoms with Crippen LogP contribution in [0.15, 0.2) is 18.2 Å². The molecule has 1 fully saturated rings. The van der Waals surface area contributed by atoms with Crippen molar-refractivity contribution in [2.45, 2.75) is 18.8 Å². The lowest BCUT2D eigenvalue weighted by molar-refractivity contribution is -0.130. The van der Waals surface area contributed by atoms with E-state index >= 15 is 0 Å². The number of nitrogens with zero attached hydrogens (tertiary/aromatic N) is 1. The minimum atomic E-state index is -1.58. The lowest BCUT2D eigenvalue weighted by atomic mass is 9.78. The first-order valence-electron chi connectivity index (χ1n) is 6.79. The smallest absolute Gasteiger partial charge is 0.426 e. The molecule has 3 N–H and O–H groups in total. The fourth-order valence-electron chi connectivity index (χ4n) is 2.47. The molecular formula is C13H15BCl2N2O4. The first-order valence-corrected chi connectivity index (χ1v) is 7.55. The van der Waals surface area contributed by atoms with Crippen LogP contribution in [0.2, 0.25) is 10.0 Å². The predicted molar refractivity (Wildman–Crippen MR) is 83.7 cm³/mol. The van der Waals surface area contributed by atoms with E-state index in [0.29, 0.717) is 19.4 Å². The summed E-state index contributed by atoms with van der Waals surface area (Å²) in [7, 11) is -1.58. The van der Waals surface area contributed by atoms with Crippen molar-refractivity contribution in [1.82, 2.24) is 10.2 Å². The molecule has 1 aliphatic heterocycles. The molecule has 0 bridgehead atoms. The van der Waals surface area contributed by atoms with Crippen molar-refractivity contribution in [1.29, 1.82) is 0 Å². The lowest BCUT2D eigenvalue weighted by Crippen LogP contribution is -2.48. The van der Waals surface area contributed by atoms with Gasteiger partial charge in [0.25, 0.3) is 5.91 Å². The monoisotopic (exact) mass is 344 g/mol. The SMILES string of the molecule is O=C(NCC(=O)N1CCCC1B(O)O)c1c(Cl)cccc1Cl. The summed E-state index contributed by atoms with van der Waals surface area (Å²) in [5.41, 5.74) is 0.110. The number of nitrogens with one attached hydrogen (secondary N) is 1. The zero-order valence-corrected chi connectivity index (χ0v) is 13.1. The van der Waals surface area contributed by atoms with Gasteiger partial charge in [0.15, 0.2) is 0 Å². The van der Waals surface area contributed by atoms with E-state index in [4.69, 9.17) is 23.2 Å². The summed E-state index contributed by atoms with van der Waals surface area (Å²) in [6.45, 7) is 0.174. The molecule has 1 saturated heterocycles. The third kappa shape index (κ3) is 3.73. The Labute approximate surface area is 138 Å². The molecule has 1 heterocycles. The number of carbonyl (C=O) groups is 2. The molecule has 2 amide bonds. The maximum absolute atomic E-state index is 12.1. The van der Waals surface area contributed by atoms with Crippen LogP contribution in [0.4, 0.5) is 0 Å². The number of halogens is 2. The zero-order valence-electron chi connectivity index (χ0n) is 11.6. The molecule has 1 aromatic rings. The lowest BCUT2D eigenvalue weighted by Gasteiger charge is -2.24. The highest BCUT2D eigenvalue weighted by Crippen LogP contribution is 2.24. The summed E-state index contributed by atoms with van der Waals surface area (Å²) in [4.78, 5) is 25.5. The number of carbonyl (C=O) groups excluding carboxylic acids is 2. The van der Waals surface area contributed by atoms with Gasteiger partial charge in [0.2, 0.25) is 5.91 Å². The quantitative estimate of drug-likeness (QED) is 0.702. The average Bonchev–Trinajstić information content (AvgIpc) is 2.94. The molecule has 22 heavy (non-hydrogen) atoms. The van der Waals surface area contributed by atoms with E-state index in [1.807, 2.05) is 0 Å². The van der Waals surface area contributed by atoms with Crippen molar-refractivity contribution in [3.8, 4) is 0 Å². The van der Waals surface area contributed by atoms with Crippen molar-refractivity contribution >= 4 is 42.1 Å². The molecule has 1 unspecified atom stereocenters. The summed E-state index contributed by atoms with van der Waals surface area (Å²) in [5.74, 6) is -1.57. The predicted octanol–water partition coefficient (Wildman–Crippen LogP) is 0.726. The highest BCUT2D eigenvalue weighted by atomic mass is 35.5. The van der Waals surface area contributed by atoms with Crippen LogP contribution in [0, 0.1) is 0 Å². The van der Waals surface area contributed by atoms with Gasteiger partial charge in [-0.05, 0) is 25.0 Å². The Morgan fingerprint density at radius 1 is 1.32 bits per heavy atom. The van der Waals surface area contributed by atoms with Gasteiger partial charge in [-0.1, -0.05) is 29.3 Å². The number of hydrogen-bond donors (Lipinski definition) is 3. The van der Waals surface area contributed by atoms with Gasteiger partial charge >= 0.3 is 7.12 Å². The summed E-state index contributed by atoms with van der Waals surface area (Å²) in [5, 5.41) is 21.3. The first-order chi connectivity index (χ1) is 10.4. The Bertz CT molecular complexity index is 565. The zero-order chi connectivity index (χ0) is 16.3. The fourth-order valence-corrected chi connectivity index (χ4v) is 3.04. The van der Waals surface area contributed by atoms with E-state index in [1.165, 1.54) is 17.0 Å². The van der Waals surface area contributed by atoms with Crippen molar-refractivity contribution in [3.05, 3.63) is 33.8 Å². The van der Waals surface area contributed by atoms with Crippen LogP contribution >= 0.6 is 23.2 Å². The normalized spacial score (nSPS) is 17.5. The maximum atomic E-state index is 12.1. The maximum Gasteiger partial charge on any atom is 0.475 e. The molecular weight excluding hydrogens is 330 g/mol. The summed E-state index contributed by atoms with van der Waals surface area (Å²) in [6.07, 6.45) is 1.21. The number of benzene rings is 1. The molecule has 2 rings (SSSR count). The van der Waals surface area contributed by atoms with E-state index in [-0.39, 0.29) is 28.1 Å². The fraction of sp³-hybridized carbons (Fsp3) is 0.385. The standard InChI is InChI=1S/C13H15BCl2N2O4/c15-8-3-1-4-9(16)12(8)13(20)17-7-11(19)18-6-2-5-10(18)14(21)22/h1,3-4,10,21-22H,2,5-7H2,(H,17,20). The number of hydrogen-bond acceptors (Lipinski definition) is 4. The molecule has 0 aliphatic carbocycles. The van der Waals surface area contributed by atoms with Crippen LogP contribution in [-0.4, -0.2) is 52.9 Å². The minimum Gasteiger partial charge on any atom is -0.426 e. The van der Waals surface area contributed by atoms with E-state index in [9.17, 15) is 19.6 Å². The Kier molecular flexibility index (Phi) is 5.69. The van der Waals surface area contributed by atoms with Crippen LogP contribution in [-0.2, 0) is 4.79 Å². The van der Waals surface area contributed by atoms with Crippen molar-refractivity contribution in [2.24, 2.45) is 0 Å². The summed E-state index contributed by atoms with van der Waals surface area (Å²) in [6, 6.07) is 4.68. The number of likely N-dealkylation sites (tertiary alicyclic amines) is 1. The molecule has 0 aromatic heterocycles. The van der Waals surface area contributed by atoms with Gasteiger partial charge < -0.3 is 20.3 Å². The van der Waals surface area contributed by atoms with Crippen molar-refractivity contribution in [2.75, 3.05) is 13.1 Å². The average molecular weight is 345 g/mol. The summed E-state index contributed by atoms with van der Waals surface area (Å²) < 4.78 is 0.